The van der Waals surface area contributed by atoms with Crippen molar-refractivity contribution in [2.75, 3.05) is 18.4 Å². The van der Waals surface area contributed by atoms with Gasteiger partial charge in [-0.05, 0) is 54.3 Å². The molecule has 0 bridgehead atoms. The first-order valence-electron chi connectivity index (χ1n) is 12.5. The molecule has 3 aliphatic rings. The van der Waals surface area contributed by atoms with Crippen molar-refractivity contribution in [1.29, 1.82) is 0 Å². The lowest BCUT2D eigenvalue weighted by Crippen LogP contribution is -2.46. The second-order valence-electron chi connectivity index (χ2n) is 10.1. The van der Waals surface area contributed by atoms with Gasteiger partial charge in [-0.2, -0.15) is 4.31 Å². The van der Waals surface area contributed by atoms with Crippen LogP contribution in [0.15, 0.2) is 52.9 Å². The first-order chi connectivity index (χ1) is 18.0. The highest BCUT2D eigenvalue weighted by molar-refractivity contribution is 7.89. The summed E-state index contributed by atoms with van der Waals surface area (Å²) in [4.78, 5) is 14.3. The van der Waals surface area contributed by atoms with Crippen LogP contribution in [0.5, 0.6) is 11.5 Å². The number of carbonyl (C=O) groups excluding carboxylic acids is 1. The minimum Gasteiger partial charge on any atom is -0.508 e. The Bertz CT molecular complexity index is 1370. The topological polar surface area (TPSA) is 171 Å². The monoisotopic (exact) mass is 545 g/mol. The summed E-state index contributed by atoms with van der Waals surface area (Å²) in [6.45, 7) is 1.32. The van der Waals surface area contributed by atoms with E-state index in [9.17, 15) is 38.7 Å². The van der Waals surface area contributed by atoms with E-state index >= 15 is 0 Å². The Balaban J connectivity index is 1.19. The number of aliphatic hydroxyl groups excluding tert-OH is 3. The molecule has 2 aliphatic heterocycles. The summed E-state index contributed by atoms with van der Waals surface area (Å²) in [7, 11) is -3.96. The van der Waals surface area contributed by atoms with Crippen LogP contribution in [-0.4, -0.2) is 86.5 Å². The quantitative estimate of drug-likeness (QED) is 0.315. The van der Waals surface area contributed by atoms with Gasteiger partial charge in [-0.15, -0.1) is 0 Å². The number of aliphatic hydroxyl groups is 3. The maximum atomic E-state index is 13.1. The Labute approximate surface area is 220 Å². The molecule has 2 aromatic carbocycles. The van der Waals surface area contributed by atoms with Crippen molar-refractivity contribution in [3.63, 3.8) is 0 Å². The molecular weight excluding hydrogens is 514 g/mol. The fourth-order valence-electron chi connectivity index (χ4n) is 5.26. The molecule has 2 aromatic rings. The van der Waals surface area contributed by atoms with Crippen LogP contribution in [0, 0.1) is 0 Å². The highest BCUT2D eigenvalue weighted by Gasteiger charge is 2.35. The van der Waals surface area contributed by atoms with Crippen LogP contribution in [0.25, 0.3) is 0 Å². The molecule has 0 aromatic heterocycles. The predicted molar refractivity (Wildman–Crippen MR) is 137 cm³/mol. The maximum Gasteiger partial charge on any atom is 0.249 e. The van der Waals surface area contributed by atoms with E-state index in [1.807, 2.05) is 18.2 Å². The van der Waals surface area contributed by atoms with E-state index in [1.54, 1.807) is 4.90 Å². The van der Waals surface area contributed by atoms with Gasteiger partial charge < -0.3 is 35.7 Å². The van der Waals surface area contributed by atoms with Gasteiger partial charge in [0.05, 0.1) is 6.10 Å². The third-order valence-electron chi connectivity index (χ3n) is 7.43. The van der Waals surface area contributed by atoms with E-state index in [2.05, 4.69) is 5.32 Å². The Hall–Kier alpha value is -3.16. The number of piperidine rings is 1. The SMILES string of the molecule is O=C(C1=CC(O)C(O)C(O)C1)N1CCC(Nc2ccc3c(c2)CN(S(=O)(=O)c2ccc(O)cc2O)C3)CC1. The van der Waals surface area contributed by atoms with Gasteiger partial charge in [0.2, 0.25) is 15.9 Å². The number of phenolic OH excluding ortho intramolecular Hbond substituents is 2. The van der Waals surface area contributed by atoms with Crippen LogP contribution < -0.4 is 5.32 Å². The zero-order valence-electron chi connectivity index (χ0n) is 20.6. The molecule has 11 nitrogen and oxygen atoms in total. The number of benzene rings is 2. The number of amides is 1. The minimum absolute atomic E-state index is 0.00344. The van der Waals surface area contributed by atoms with Crippen LogP contribution in [0.4, 0.5) is 5.69 Å². The number of hydrogen-bond acceptors (Lipinski definition) is 9. The lowest BCUT2D eigenvalue weighted by molar-refractivity contribution is -0.129. The van der Waals surface area contributed by atoms with Crippen molar-refractivity contribution < 1.29 is 38.7 Å². The summed E-state index contributed by atoms with van der Waals surface area (Å²) in [6, 6.07) is 9.20. The molecule has 2 heterocycles. The fraction of sp³-hybridized carbons (Fsp3) is 0.423. The molecule has 0 radical (unpaired) electrons. The number of aromatic hydroxyl groups is 2. The molecule has 3 unspecified atom stereocenters. The Morgan fingerprint density at radius 1 is 0.947 bits per heavy atom. The summed E-state index contributed by atoms with van der Waals surface area (Å²) in [6.07, 6.45) is -1.04. The zero-order chi connectivity index (χ0) is 27.2. The molecule has 38 heavy (non-hydrogen) atoms. The van der Waals surface area contributed by atoms with Gasteiger partial charge >= 0.3 is 0 Å². The summed E-state index contributed by atoms with van der Waals surface area (Å²) >= 11 is 0. The largest absolute Gasteiger partial charge is 0.508 e. The van der Waals surface area contributed by atoms with E-state index in [0.29, 0.717) is 31.5 Å². The lowest BCUT2D eigenvalue weighted by atomic mass is 9.91. The average molecular weight is 546 g/mol. The molecule has 6 N–H and O–H groups in total. The summed E-state index contributed by atoms with van der Waals surface area (Å²) in [5.74, 6) is -0.967. The van der Waals surface area contributed by atoms with Crippen molar-refractivity contribution in [2.45, 2.75) is 61.6 Å². The first kappa shape index (κ1) is 26.4. The molecular formula is C26H31N3O8S. The lowest BCUT2D eigenvalue weighted by Gasteiger charge is -2.35. The van der Waals surface area contributed by atoms with Gasteiger partial charge in [-0.3, -0.25) is 4.79 Å². The Morgan fingerprint density at radius 3 is 2.34 bits per heavy atom. The number of anilines is 1. The number of fused-ring (bicyclic) bond motifs is 1. The summed E-state index contributed by atoms with van der Waals surface area (Å²) in [5.41, 5.74) is 2.87. The van der Waals surface area contributed by atoms with E-state index in [4.69, 9.17) is 0 Å². The number of rotatable bonds is 5. The van der Waals surface area contributed by atoms with E-state index < -0.39 is 34.1 Å². The average Bonchev–Trinajstić information content (AvgIpc) is 3.31. The molecule has 1 saturated heterocycles. The molecule has 0 spiro atoms. The molecule has 12 heteroatoms. The smallest absolute Gasteiger partial charge is 0.249 e. The zero-order valence-corrected chi connectivity index (χ0v) is 21.4. The summed E-state index contributed by atoms with van der Waals surface area (Å²) < 4.78 is 27.4. The van der Waals surface area contributed by atoms with Crippen LogP contribution in [0.1, 0.15) is 30.4 Å². The number of carbonyl (C=O) groups is 1. The van der Waals surface area contributed by atoms with Crippen LogP contribution >= 0.6 is 0 Å². The standard InChI is InChI=1S/C26H31N3O8S/c30-20-3-4-24(21(31)12-20)38(36,37)29-13-15-1-2-19(9-17(15)14-29)27-18-5-7-28(8-6-18)26(35)16-10-22(32)25(34)23(33)11-16/h1-4,9-10,12,18,22-23,25,27,30-34H,5-8,11,13-14H2. The number of phenols is 2. The molecule has 5 rings (SSSR count). The Kier molecular flexibility index (Phi) is 7.09. The fourth-order valence-corrected chi connectivity index (χ4v) is 6.72. The van der Waals surface area contributed by atoms with Gasteiger partial charge in [0.15, 0.2) is 0 Å². The normalized spacial score (nSPS) is 24.7. The second kappa shape index (κ2) is 10.2. The van der Waals surface area contributed by atoms with E-state index in [-0.39, 0.29) is 42.1 Å². The van der Waals surface area contributed by atoms with Crippen molar-refractivity contribution in [1.82, 2.24) is 9.21 Å². The third kappa shape index (κ3) is 5.09. The van der Waals surface area contributed by atoms with Gasteiger partial charge in [0, 0.05) is 56.0 Å². The molecule has 1 aliphatic carbocycles. The van der Waals surface area contributed by atoms with Crippen LogP contribution in [0.3, 0.4) is 0 Å². The van der Waals surface area contributed by atoms with Crippen LogP contribution in [-0.2, 0) is 27.9 Å². The number of likely N-dealkylation sites (tertiary alicyclic amines) is 1. The number of nitrogens with zero attached hydrogens (tertiary/aromatic N) is 2. The van der Waals surface area contributed by atoms with Crippen molar-refractivity contribution >= 4 is 21.6 Å². The third-order valence-corrected chi connectivity index (χ3v) is 9.27. The highest BCUT2D eigenvalue weighted by Crippen LogP contribution is 2.35. The van der Waals surface area contributed by atoms with Crippen LogP contribution in [0.2, 0.25) is 0 Å². The van der Waals surface area contributed by atoms with Crippen molar-refractivity contribution in [3.8, 4) is 11.5 Å². The van der Waals surface area contributed by atoms with Gasteiger partial charge in [0.1, 0.15) is 28.6 Å². The van der Waals surface area contributed by atoms with Gasteiger partial charge in [-0.25, -0.2) is 8.42 Å². The van der Waals surface area contributed by atoms with E-state index in [1.165, 1.54) is 22.5 Å². The number of sulfonamides is 1. The molecule has 1 amide bonds. The van der Waals surface area contributed by atoms with Crippen molar-refractivity contribution in [3.05, 3.63) is 59.2 Å². The molecule has 1 fully saturated rings. The summed E-state index contributed by atoms with van der Waals surface area (Å²) in [5, 5.41) is 52.4. The second-order valence-corrected chi connectivity index (χ2v) is 12.0. The highest BCUT2D eigenvalue weighted by atomic mass is 32.2. The molecule has 204 valence electrons. The van der Waals surface area contributed by atoms with Crippen molar-refractivity contribution in [2.24, 2.45) is 0 Å². The maximum absolute atomic E-state index is 13.1. The minimum atomic E-state index is -3.96. The number of nitrogens with one attached hydrogen (secondary N) is 1. The molecule has 0 saturated carbocycles. The predicted octanol–water partition coefficient (Wildman–Crippen LogP) is 0.618. The molecule has 3 atom stereocenters. The number of hydrogen-bond donors (Lipinski definition) is 6. The first-order valence-corrected chi connectivity index (χ1v) is 13.9. The Morgan fingerprint density at radius 2 is 1.66 bits per heavy atom. The van der Waals surface area contributed by atoms with Gasteiger partial charge in [0.25, 0.3) is 0 Å². The van der Waals surface area contributed by atoms with E-state index in [0.717, 1.165) is 22.9 Å². The van der Waals surface area contributed by atoms with Gasteiger partial charge in [-0.1, -0.05) is 6.07 Å².